The number of nitrogens with zero attached hydrogens (tertiary/aromatic N) is 1. The lowest BCUT2D eigenvalue weighted by molar-refractivity contribution is 0.102. The Balaban J connectivity index is 1.52. The summed E-state index contributed by atoms with van der Waals surface area (Å²) in [6.07, 6.45) is 0. The first-order valence-electron chi connectivity index (χ1n) is 9.89. The number of fused-ring (bicyclic) bond motifs is 1. The smallest absolute Gasteiger partial charge is 0.262 e. The lowest BCUT2D eigenvalue weighted by atomic mass is 10.1. The molecule has 2 N–H and O–H groups in total. The maximum Gasteiger partial charge on any atom is 0.262 e. The highest BCUT2D eigenvalue weighted by Crippen LogP contribution is 2.33. The Kier molecular flexibility index (Phi) is 6.33. The zero-order chi connectivity index (χ0) is 23.3. The van der Waals surface area contributed by atoms with Crippen molar-refractivity contribution in [2.45, 2.75) is 4.90 Å². The second-order valence-electron chi connectivity index (χ2n) is 6.88. The van der Waals surface area contributed by atoms with Crippen molar-refractivity contribution in [1.82, 2.24) is 0 Å². The molecule has 0 fully saturated rings. The van der Waals surface area contributed by atoms with Crippen LogP contribution in [0.4, 0.5) is 11.4 Å². The summed E-state index contributed by atoms with van der Waals surface area (Å²) >= 11 is 0. The minimum absolute atomic E-state index is 0.0186. The number of carbonyl (C=O) groups excluding carboxylic acids is 1. The highest BCUT2D eigenvalue weighted by atomic mass is 32.2. The molecule has 0 aromatic heterocycles. The molecule has 0 radical (unpaired) electrons. The molecule has 1 aliphatic rings. The Morgan fingerprint density at radius 3 is 2.48 bits per heavy atom. The second-order valence-corrected chi connectivity index (χ2v) is 8.56. The molecule has 1 heterocycles. The molecule has 9 nitrogen and oxygen atoms in total. The van der Waals surface area contributed by atoms with Crippen molar-refractivity contribution in [2.75, 3.05) is 29.9 Å². The minimum Gasteiger partial charge on any atom is -0.486 e. The van der Waals surface area contributed by atoms with Crippen molar-refractivity contribution in [2.24, 2.45) is 0 Å². The van der Waals surface area contributed by atoms with Crippen LogP contribution in [-0.4, -0.2) is 34.1 Å². The first-order chi connectivity index (χ1) is 16.0. The topological polar surface area (TPSA) is 127 Å². The number of rotatable bonds is 7. The lowest BCUT2D eigenvalue weighted by Crippen LogP contribution is -2.19. The molecule has 33 heavy (non-hydrogen) atoms. The summed E-state index contributed by atoms with van der Waals surface area (Å²) in [7, 11) is -4.00. The molecule has 4 rings (SSSR count). The number of nitriles is 1. The summed E-state index contributed by atoms with van der Waals surface area (Å²) in [4.78, 5) is 12.8. The lowest BCUT2D eigenvalue weighted by Gasteiger charge is -2.19. The number of ether oxygens (including phenoxy) is 3. The molecular weight excluding hydrogens is 446 g/mol. The van der Waals surface area contributed by atoms with Gasteiger partial charge in [-0.05, 0) is 48.5 Å². The highest BCUT2D eigenvalue weighted by Gasteiger charge is 2.22. The summed E-state index contributed by atoms with van der Waals surface area (Å²) in [6, 6.07) is 18.9. The third kappa shape index (κ3) is 5.16. The van der Waals surface area contributed by atoms with Crippen molar-refractivity contribution >= 4 is 27.3 Å². The van der Waals surface area contributed by atoms with Crippen LogP contribution in [0, 0.1) is 11.3 Å². The van der Waals surface area contributed by atoms with E-state index in [1.165, 1.54) is 30.3 Å². The molecule has 0 aliphatic carbocycles. The number of hydrogen-bond donors (Lipinski definition) is 2. The summed E-state index contributed by atoms with van der Waals surface area (Å²) in [5, 5.41) is 11.3. The highest BCUT2D eigenvalue weighted by molar-refractivity contribution is 7.92. The van der Waals surface area contributed by atoms with Crippen molar-refractivity contribution in [3.05, 3.63) is 72.3 Å². The van der Waals surface area contributed by atoms with E-state index in [1.807, 2.05) is 6.07 Å². The third-order valence-corrected chi connectivity index (χ3v) is 6.02. The standard InChI is InChI=1S/C23H19N3O6S/c24-11-12-30-17-7-5-16(6-8-17)25-23(27)19-3-1-2-4-20(19)26-33(28,29)18-9-10-21-22(15-18)32-14-13-31-21/h1-10,15,26H,12-14H2,(H,25,27). The average molecular weight is 465 g/mol. The number of benzene rings is 3. The maximum atomic E-state index is 13.0. The summed E-state index contributed by atoms with van der Waals surface area (Å²) in [6.45, 7) is 0.649. The largest absolute Gasteiger partial charge is 0.486 e. The summed E-state index contributed by atoms with van der Waals surface area (Å²) < 4.78 is 44.5. The van der Waals surface area contributed by atoms with Crippen molar-refractivity contribution < 1.29 is 27.4 Å². The van der Waals surface area contributed by atoms with Crippen LogP contribution in [0.2, 0.25) is 0 Å². The van der Waals surface area contributed by atoms with Gasteiger partial charge in [0.15, 0.2) is 18.1 Å². The molecule has 0 bridgehead atoms. The Morgan fingerprint density at radius 2 is 1.73 bits per heavy atom. The fraction of sp³-hybridized carbons (Fsp3) is 0.130. The van der Waals surface area contributed by atoms with E-state index in [4.69, 9.17) is 19.5 Å². The van der Waals surface area contributed by atoms with Crippen LogP contribution in [0.3, 0.4) is 0 Å². The normalized spacial score (nSPS) is 12.3. The van der Waals surface area contributed by atoms with Gasteiger partial charge >= 0.3 is 0 Å². The number of carbonyl (C=O) groups is 1. The van der Waals surface area contributed by atoms with Crippen molar-refractivity contribution in [3.8, 4) is 23.3 Å². The molecular formula is C23H19N3O6S. The van der Waals surface area contributed by atoms with E-state index in [0.29, 0.717) is 36.1 Å². The summed E-state index contributed by atoms with van der Waals surface area (Å²) in [5.41, 5.74) is 0.746. The van der Waals surface area contributed by atoms with Crippen LogP contribution in [0.1, 0.15) is 10.4 Å². The number of anilines is 2. The van der Waals surface area contributed by atoms with Gasteiger partial charge in [0.05, 0.1) is 16.1 Å². The van der Waals surface area contributed by atoms with E-state index < -0.39 is 15.9 Å². The number of amides is 1. The molecule has 1 aliphatic heterocycles. The van der Waals surface area contributed by atoms with Gasteiger partial charge in [-0.15, -0.1) is 0 Å². The maximum absolute atomic E-state index is 13.0. The predicted molar refractivity (Wildman–Crippen MR) is 120 cm³/mol. The second kappa shape index (κ2) is 9.50. The third-order valence-electron chi connectivity index (χ3n) is 4.66. The molecule has 1 amide bonds. The fourth-order valence-corrected chi connectivity index (χ4v) is 4.21. The zero-order valence-electron chi connectivity index (χ0n) is 17.3. The van der Waals surface area contributed by atoms with Gasteiger partial charge in [0.25, 0.3) is 15.9 Å². The Hall–Kier alpha value is -4.23. The zero-order valence-corrected chi connectivity index (χ0v) is 18.1. The number of nitrogens with one attached hydrogen (secondary N) is 2. The van der Waals surface area contributed by atoms with Gasteiger partial charge in [-0.1, -0.05) is 12.1 Å². The Morgan fingerprint density at radius 1 is 1.00 bits per heavy atom. The van der Waals surface area contributed by atoms with Crippen LogP contribution in [0.15, 0.2) is 71.6 Å². The van der Waals surface area contributed by atoms with Gasteiger partial charge in [0, 0.05) is 11.8 Å². The van der Waals surface area contributed by atoms with Gasteiger partial charge in [-0.3, -0.25) is 9.52 Å². The molecule has 168 valence electrons. The first-order valence-corrected chi connectivity index (χ1v) is 11.4. The van der Waals surface area contributed by atoms with Gasteiger partial charge in [-0.2, -0.15) is 5.26 Å². The predicted octanol–water partition coefficient (Wildman–Crippen LogP) is 3.41. The molecule has 0 saturated carbocycles. The Labute approximate surface area is 190 Å². The van der Waals surface area contributed by atoms with Crippen LogP contribution < -0.4 is 24.2 Å². The van der Waals surface area contributed by atoms with Gasteiger partial charge in [0.2, 0.25) is 0 Å². The van der Waals surface area contributed by atoms with Crippen LogP contribution in [0.25, 0.3) is 0 Å². The van der Waals surface area contributed by atoms with Crippen LogP contribution in [0.5, 0.6) is 17.2 Å². The van der Waals surface area contributed by atoms with E-state index in [1.54, 1.807) is 36.4 Å². The SMILES string of the molecule is N#CCOc1ccc(NC(=O)c2ccccc2NS(=O)(=O)c2ccc3c(c2)OCCO3)cc1. The van der Waals surface area contributed by atoms with Gasteiger partial charge in [0.1, 0.15) is 25.0 Å². The van der Waals surface area contributed by atoms with Crippen molar-refractivity contribution in [3.63, 3.8) is 0 Å². The molecule has 3 aromatic rings. The quantitative estimate of drug-likeness (QED) is 0.547. The number of para-hydroxylation sites is 1. The average Bonchev–Trinajstić information content (AvgIpc) is 2.83. The molecule has 0 spiro atoms. The van der Waals surface area contributed by atoms with E-state index in [-0.39, 0.29) is 22.8 Å². The number of hydrogen-bond acceptors (Lipinski definition) is 7. The molecule has 3 aromatic carbocycles. The number of sulfonamides is 1. The van der Waals surface area contributed by atoms with Gasteiger partial charge < -0.3 is 19.5 Å². The fourth-order valence-electron chi connectivity index (χ4n) is 3.11. The van der Waals surface area contributed by atoms with E-state index in [2.05, 4.69) is 10.0 Å². The van der Waals surface area contributed by atoms with Crippen LogP contribution >= 0.6 is 0 Å². The Bertz CT molecular complexity index is 1320. The summed E-state index contributed by atoms with van der Waals surface area (Å²) in [5.74, 6) is 0.810. The van der Waals surface area contributed by atoms with Crippen molar-refractivity contribution in [1.29, 1.82) is 5.26 Å². The molecule has 0 atom stereocenters. The monoisotopic (exact) mass is 465 g/mol. The first kappa shape index (κ1) is 22.0. The van der Waals surface area contributed by atoms with Gasteiger partial charge in [-0.25, -0.2) is 8.42 Å². The van der Waals surface area contributed by atoms with E-state index >= 15 is 0 Å². The van der Waals surface area contributed by atoms with E-state index in [0.717, 1.165) is 0 Å². The van der Waals surface area contributed by atoms with E-state index in [9.17, 15) is 13.2 Å². The minimum atomic E-state index is -4.00. The molecule has 10 heteroatoms. The van der Waals surface area contributed by atoms with Crippen LogP contribution in [-0.2, 0) is 10.0 Å². The molecule has 0 saturated heterocycles. The molecule has 0 unspecified atom stereocenters.